The molecule has 1 fully saturated rings. The molecule has 9 nitrogen and oxygen atoms in total. The number of carbonyl (C=O) groups excluding carboxylic acids is 1. The van der Waals surface area contributed by atoms with E-state index in [4.69, 9.17) is 14.5 Å². The van der Waals surface area contributed by atoms with Crippen molar-refractivity contribution in [2.24, 2.45) is 22.7 Å². The van der Waals surface area contributed by atoms with Crippen LogP contribution in [0.2, 0.25) is 0 Å². The number of aromatic hydroxyl groups is 2. The molecule has 2 aromatic rings. The summed E-state index contributed by atoms with van der Waals surface area (Å²) in [6.45, 7) is 5.77. The summed E-state index contributed by atoms with van der Waals surface area (Å²) in [4.78, 5) is 17.7. The summed E-state index contributed by atoms with van der Waals surface area (Å²) in [7, 11) is 5.33. The maximum atomic E-state index is 12.9. The van der Waals surface area contributed by atoms with E-state index in [1.54, 1.807) is 12.1 Å². The number of fused-ring (bicyclic) bond motifs is 7. The average Bonchev–Trinajstić information content (AvgIpc) is 3.07. The lowest BCUT2D eigenvalue weighted by Crippen LogP contribution is -2.56. The minimum atomic E-state index is -0.779. The Morgan fingerprint density at radius 1 is 1.04 bits per heavy atom. The van der Waals surface area contributed by atoms with Gasteiger partial charge in [0.15, 0.2) is 29.0 Å². The Balaban J connectivity index is 1.31. The van der Waals surface area contributed by atoms with Crippen molar-refractivity contribution in [3.63, 3.8) is 0 Å². The lowest BCUT2D eigenvalue weighted by molar-refractivity contribution is -0.121. The second-order valence-corrected chi connectivity index (χ2v) is 16.2. The van der Waals surface area contributed by atoms with Crippen LogP contribution in [-0.4, -0.2) is 77.0 Å². The van der Waals surface area contributed by atoms with Gasteiger partial charge in [-0.2, -0.15) is 0 Å². The van der Waals surface area contributed by atoms with Crippen molar-refractivity contribution >= 4 is 33.3 Å². The number of rotatable bonds is 3. The molecule has 258 valence electrons. The van der Waals surface area contributed by atoms with Gasteiger partial charge in [0.05, 0.1) is 25.4 Å². The number of aliphatic hydroxyl groups is 1. The Kier molecular flexibility index (Phi) is 11.2. The normalized spacial score (nSPS) is 26.4. The van der Waals surface area contributed by atoms with Crippen LogP contribution in [0.5, 0.6) is 23.0 Å². The summed E-state index contributed by atoms with van der Waals surface area (Å²) in [5.41, 5.74) is 3.97. The van der Waals surface area contributed by atoms with Gasteiger partial charge < -0.3 is 35.4 Å². The monoisotopic (exact) mass is 693 g/mol. The fourth-order valence-corrected chi connectivity index (χ4v) is 10.2. The van der Waals surface area contributed by atoms with Gasteiger partial charge in [0.25, 0.3) is 0 Å². The Morgan fingerprint density at radius 2 is 1.88 bits per heavy atom. The molecular weight excluding hydrogens is 647 g/mol. The van der Waals surface area contributed by atoms with E-state index in [1.807, 2.05) is 27.7 Å². The highest BCUT2D eigenvalue weighted by Gasteiger charge is 2.37. The molecule has 48 heavy (non-hydrogen) atoms. The van der Waals surface area contributed by atoms with Crippen LogP contribution in [0, 0.1) is 29.6 Å². The molecule has 0 aromatic heterocycles. The van der Waals surface area contributed by atoms with Gasteiger partial charge in [-0.25, -0.2) is 0 Å². The first-order valence-electron chi connectivity index (χ1n) is 17.1. The van der Waals surface area contributed by atoms with E-state index in [-0.39, 0.29) is 54.3 Å². The molecule has 3 heterocycles. The third kappa shape index (κ3) is 7.82. The molecule has 11 heteroatoms. The zero-order valence-electron chi connectivity index (χ0n) is 28.0. The Bertz CT molecular complexity index is 1600. The van der Waals surface area contributed by atoms with E-state index in [0.717, 1.165) is 53.5 Å². The predicted molar refractivity (Wildman–Crippen MR) is 192 cm³/mol. The van der Waals surface area contributed by atoms with Crippen molar-refractivity contribution in [3.05, 3.63) is 46.0 Å². The first kappa shape index (κ1) is 34.7. The molecule has 4 bridgehead atoms. The molecule has 1 saturated heterocycles. The van der Waals surface area contributed by atoms with Gasteiger partial charge in [-0.3, -0.25) is 9.79 Å². The third-order valence-corrected chi connectivity index (χ3v) is 12.6. The number of Topliss-reactive ketones (excluding diaryl/α,β-unsaturated/α-hetero) is 1. The quantitative estimate of drug-likeness (QED) is 0.226. The van der Waals surface area contributed by atoms with Crippen molar-refractivity contribution in [1.82, 2.24) is 10.6 Å². The molecular formula is C37H47N3O6S2. The number of aryl methyl sites for hydroxylation is 2. The van der Waals surface area contributed by atoms with Crippen molar-refractivity contribution in [2.75, 3.05) is 31.8 Å². The highest BCUT2D eigenvalue weighted by molar-refractivity contribution is 8.76. The van der Waals surface area contributed by atoms with Crippen molar-refractivity contribution in [3.8, 4) is 34.8 Å². The van der Waals surface area contributed by atoms with E-state index < -0.39 is 6.10 Å². The van der Waals surface area contributed by atoms with E-state index in [2.05, 4.69) is 36.3 Å². The molecule has 0 spiro atoms. The first-order valence-corrected chi connectivity index (χ1v) is 19.6. The second kappa shape index (κ2) is 15.6. The number of aliphatic hydroxyl groups excluding tert-OH is 1. The fourth-order valence-electron chi connectivity index (χ4n) is 7.20. The third-order valence-electron chi connectivity index (χ3n) is 10.1. The number of benzene rings is 2. The number of phenols is 2. The maximum absolute atomic E-state index is 12.9. The molecule has 2 aromatic carbocycles. The molecule has 1 aliphatic carbocycles. The van der Waals surface area contributed by atoms with E-state index in [9.17, 15) is 20.1 Å². The number of ketones is 1. The second-order valence-electron chi connectivity index (χ2n) is 13.7. The number of aliphatic imine (C=N–C) groups is 1. The number of carbonyl (C=O) groups is 1. The number of methoxy groups -OCH3 is 1. The minimum absolute atomic E-state index is 0.0244. The lowest BCUT2D eigenvalue weighted by atomic mass is 9.79. The van der Waals surface area contributed by atoms with Crippen LogP contribution < -0.4 is 20.1 Å². The molecule has 0 radical (unpaired) electrons. The highest BCUT2D eigenvalue weighted by Crippen LogP contribution is 2.44. The average molecular weight is 694 g/mol. The molecule has 0 unspecified atom stereocenters. The number of hydrogen-bond donors (Lipinski definition) is 5. The maximum Gasteiger partial charge on any atom is 0.191 e. The lowest BCUT2D eigenvalue weighted by Gasteiger charge is -2.40. The van der Waals surface area contributed by atoms with E-state index in [1.165, 1.54) is 7.11 Å². The summed E-state index contributed by atoms with van der Waals surface area (Å²) in [5, 5.41) is 40.3. The van der Waals surface area contributed by atoms with Crippen molar-refractivity contribution in [2.45, 2.75) is 83.4 Å². The number of guanidine groups is 1. The van der Waals surface area contributed by atoms with Gasteiger partial charge in [0, 0.05) is 66.4 Å². The molecule has 0 amide bonds. The van der Waals surface area contributed by atoms with E-state index >= 15 is 0 Å². The SMILES string of the molecule is COc1c(O)ccc2c1C#CCc1cc(c3c(c1O)OC[C@H]([C@@H]1CSSC[C@@H](C(C)C)NC4=NCC[C@@H]1N4)C3)CC[C@@H](O)CC(=O)CC2. The first-order chi connectivity index (χ1) is 23.2. The molecule has 4 aliphatic rings. The topological polar surface area (TPSA) is 133 Å². The number of ether oxygens (including phenoxy) is 2. The van der Waals surface area contributed by atoms with Crippen LogP contribution in [-0.2, 0) is 30.5 Å². The van der Waals surface area contributed by atoms with Gasteiger partial charge in [0.2, 0.25) is 0 Å². The largest absolute Gasteiger partial charge is 0.504 e. The number of nitrogens with one attached hydrogen (secondary N) is 2. The van der Waals surface area contributed by atoms with E-state index in [0.29, 0.717) is 60.6 Å². The van der Waals surface area contributed by atoms with Gasteiger partial charge in [-0.05, 0) is 61.1 Å². The summed E-state index contributed by atoms with van der Waals surface area (Å²) in [6.07, 6.45) is 2.93. The molecule has 6 rings (SSSR count). The van der Waals surface area contributed by atoms with Crippen LogP contribution >= 0.6 is 21.6 Å². The fraction of sp³-hybridized carbons (Fsp3) is 0.568. The minimum Gasteiger partial charge on any atom is -0.504 e. The molecule has 5 atom stereocenters. The Labute approximate surface area is 291 Å². The zero-order valence-corrected chi connectivity index (χ0v) is 29.6. The number of hydrogen-bond acceptors (Lipinski definition) is 11. The van der Waals surface area contributed by atoms with Crippen LogP contribution in [0.1, 0.15) is 67.3 Å². The molecule has 0 saturated carbocycles. The van der Waals surface area contributed by atoms with Gasteiger partial charge >= 0.3 is 0 Å². The summed E-state index contributed by atoms with van der Waals surface area (Å²) in [5.74, 6) is 11.1. The van der Waals surface area contributed by atoms with Gasteiger partial charge in [-0.1, -0.05) is 59.4 Å². The Morgan fingerprint density at radius 3 is 2.69 bits per heavy atom. The summed E-state index contributed by atoms with van der Waals surface area (Å²) >= 11 is 0. The standard InChI is InChI=1S/C37H47N3O6S2/c1-21(2)32-20-48-47-19-30(31-13-14-38-37(39-31)40-32)25-16-29-23-8-11-27(42)17-26(41)10-7-22-9-12-33(43)35(45-3)28(22)6-4-5-24(15-23)34(44)36(29)46-18-25/h9,12,15,21,25,27,30-32,42-44H,5,7-8,10-11,13-14,16-20H2,1-3H3,(H2,38,39,40)/t25-,27-,30+,31+,32+/m1/s1. The smallest absolute Gasteiger partial charge is 0.191 e. The van der Waals surface area contributed by atoms with Gasteiger partial charge in [-0.15, -0.1) is 0 Å². The molecule has 3 aliphatic heterocycles. The van der Waals surface area contributed by atoms with Crippen molar-refractivity contribution in [1.29, 1.82) is 0 Å². The van der Waals surface area contributed by atoms with Crippen molar-refractivity contribution < 1.29 is 29.6 Å². The summed E-state index contributed by atoms with van der Waals surface area (Å²) < 4.78 is 12.0. The van der Waals surface area contributed by atoms with Crippen LogP contribution in [0.4, 0.5) is 0 Å². The zero-order chi connectivity index (χ0) is 33.8. The predicted octanol–water partition coefficient (Wildman–Crippen LogP) is 4.79. The molecule has 5 N–H and O–H groups in total. The highest BCUT2D eigenvalue weighted by atomic mass is 33.1. The number of phenolic OH excluding ortho intramolecular Hbond substituents is 2. The van der Waals surface area contributed by atoms with Crippen LogP contribution in [0.3, 0.4) is 0 Å². The van der Waals surface area contributed by atoms with Crippen LogP contribution in [0.15, 0.2) is 23.2 Å². The van der Waals surface area contributed by atoms with Gasteiger partial charge in [0.1, 0.15) is 5.78 Å². The number of nitrogens with zero attached hydrogens (tertiary/aromatic N) is 1. The van der Waals surface area contributed by atoms with Crippen LogP contribution in [0.25, 0.3) is 0 Å². The summed E-state index contributed by atoms with van der Waals surface area (Å²) in [6, 6.07) is 5.92. The Hall–Kier alpha value is -3.20.